The molecule has 0 spiro atoms. The topological polar surface area (TPSA) is 64.8 Å². The molecule has 0 aliphatic carbocycles. The minimum absolute atomic E-state index is 0.282. The molecule has 0 saturated carbocycles. The molecular formula is C21H21N5. The molecule has 0 atom stereocenters. The van der Waals surface area contributed by atoms with Gasteiger partial charge in [-0.3, -0.25) is 0 Å². The summed E-state index contributed by atoms with van der Waals surface area (Å²) in [4.78, 5) is 11.0. The van der Waals surface area contributed by atoms with Crippen LogP contribution in [0.25, 0.3) is 0 Å². The van der Waals surface area contributed by atoms with E-state index in [2.05, 4.69) is 52.2 Å². The Bertz CT molecular complexity index is 900. The van der Waals surface area contributed by atoms with Crippen molar-refractivity contribution in [2.24, 2.45) is 0 Å². The molecule has 1 heterocycles. The molecule has 2 aromatic carbocycles. The van der Waals surface area contributed by atoms with Crippen LogP contribution >= 0.6 is 0 Å². The maximum absolute atomic E-state index is 9.25. The van der Waals surface area contributed by atoms with Crippen molar-refractivity contribution < 1.29 is 0 Å². The number of nitriles is 1. The van der Waals surface area contributed by atoms with Gasteiger partial charge in [0.1, 0.15) is 24.0 Å². The molecule has 0 aliphatic rings. The zero-order valence-corrected chi connectivity index (χ0v) is 14.9. The fourth-order valence-electron chi connectivity index (χ4n) is 2.71. The maximum Gasteiger partial charge on any atom is 0.135 e. The van der Waals surface area contributed by atoms with Crippen LogP contribution in [0.4, 0.5) is 17.3 Å². The van der Waals surface area contributed by atoms with Crippen LogP contribution in [0.2, 0.25) is 0 Å². The Morgan fingerprint density at radius 1 is 1.04 bits per heavy atom. The van der Waals surface area contributed by atoms with Crippen molar-refractivity contribution in [2.45, 2.75) is 26.4 Å². The second-order valence-electron chi connectivity index (χ2n) is 6.25. The van der Waals surface area contributed by atoms with Crippen molar-refractivity contribution in [1.82, 2.24) is 9.97 Å². The zero-order chi connectivity index (χ0) is 18.4. The quantitative estimate of drug-likeness (QED) is 0.713. The molecule has 26 heavy (non-hydrogen) atoms. The van der Waals surface area contributed by atoms with Crippen LogP contribution in [-0.4, -0.2) is 16.0 Å². The van der Waals surface area contributed by atoms with Gasteiger partial charge in [0, 0.05) is 18.7 Å². The average Bonchev–Trinajstić information content (AvgIpc) is 2.67. The summed E-state index contributed by atoms with van der Waals surface area (Å²) in [5, 5.41) is 12.5. The minimum Gasteiger partial charge on any atom is -0.350 e. The van der Waals surface area contributed by atoms with Crippen LogP contribution in [0, 0.1) is 11.3 Å². The summed E-state index contributed by atoms with van der Waals surface area (Å²) < 4.78 is 0. The van der Waals surface area contributed by atoms with Crippen molar-refractivity contribution in [3.05, 3.63) is 78.1 Å². The Labute approximate surface area is 154 Å². The van der Waals surface area contributed by atoms with Gasteiger partial charge in [-0.1, -0.05) is 42.5 Å². The van der Waals surface area contributed by atoms with Crippen molar-refractivity contribution in [1.29, 1.82) is 5.26 Å². The first-order chi connectivity index (χ1) is 12.7. The van der Waals surface area contributed by atoms with Gasteiger partial charge in [0.2, 0.25) is 0 Å². The van der Waals surface area contributed by atoms with E-state index >= 15 is 0 Å². The molecule has 0 aliphatic heterocycles. The predicted octanol–water partition coefficient (Wildman–Crippen LogP) is 4.51. The summed E-state index contributed by atoms with van der Waals surface area (Å²) in [5.41, 5.74) is 2.54. The molecule has 0 radical (unpaired) electrons. The largest absolute Gasteiger partial charge is 0.350 e. The summed E-state index contributed by atoms with van der Waals surface area (Å²) in [7, 11) is 0. The highest BCUT2D eigenvalue weighted by Crippen LogP contribution is 2.23. The monoisotopic (exact) mass is 343 g/mol. The summed E-state index contributed by atoms with van der Waals surface area (Å²) in [5.74, 6) is 1.51. The highest BCUT2D eigenvalue weighted by Gasteiger charge is 2.14. The number of hydrogen-bond acceptors (Lipinski definition) is 5. The van der Waals surface area contributed by atoms with E-state index in [9.17, 15) is 5.26 Å². The number of hydrogen-bond donors (Lipinski definition) is 1. The number of aromatic nitrogens is 2. The third-order valence-electron chi connectivity index (χ3n) is 4.08. The Hall–Kier alpha value is -3.39. The number of anilines is 3. The van der Waals surface area contributed by atoms with Crippen LogP contribution in [0.3, 0.4) is 0 Å². The van der Waals surface area contributed by atoms with E-state index in [0.29, 0.717) is 11.4 Å². The Morgan fingerprint density at radius 2 is 1.77 bits per heavy atom. The van der Waals surface area contributed by atoms with E-state index < -0.39 is 0 Å². The Kier molecular flexibility index (Phi) is 5.45. The van der Waals surface area contributed by atoms with E-state index in [-0.39, 0.29) is 6.04 Å². The average molecular weight is 343 g/mol. The molecule has 1 aromatic heterocycles. The van der Waals surface area contributed by atoms with Gasteiger partial charge in [-0.2, -0.15) is 5.26 Å². The number of para-hydroxylation sites is 1. The minimum atomic E-state index is 0.282. The molecule has 0 bridgehead atoms. The zero-order valence-electron chi connectivity index (χ0n) is 14.9. The standard InChI is InChI=1S/C21H21N5/c1-16(2)26(14-17-8-4-3-5-9-17)21-12-20(23-15-24-21)25-19-11-7-6-10-18(19)13-22/h3-12,15-16H,14H2,1-2H3,(H,23,24,25). The number of nitrogens with zero attached hydrogens (tertiary/aromatic N) is 4. The second-order valence-corrected chi connectivity index (χ2v) is 6.25. The van der Waals surface area contributed by atoms with Gasteiger partial charge < -0.3 is 10.2 Å². The fourth-order valence-corrected chi connectivity index (χ4v) is 2.71. The molecule has 3 rings (SSSR count). The first-order valence-electron chi connectivity index (χ1n) is 8.56. The first-order valence-corrected chi connectivity index (χ1v) is 8.56. The van der Waals surface area contributed by atoms with E-state index in [1.54, 1.807) is 12.4 Å². The third-order valence-corrected chi connectivity index (χ3v) is 4.08. The molecular weight excluding hydrogens is 322 g/mol. The SMILES string of the molecule is CC(C)N(Cc1ccccc1)c1cc(Nc2ccccc2C#N)ncn1. The fraction of sp³-hybridized carbons (Fsp3) is 0.190. The lowest BCUT2D eigenvalue weighted by atomic mass is 10.2. The lowest BCUT2D eigenvalue weighted by molar-refractivity contribution is 0.671. The van der Waals surface area contributed by atoms with Gasteiger partial charge in [0.15, 0.2) is 0 Å². The van der Waals surface area contributed by atoms with Crippen molar-refractivity contribution >= 4 is 17.3 Å². The predicted molar refractivity (Wildman–Crippen MR) is 104 cm³/mol. The molecule has 0 unspecified atom stereocenters. The number of benzene rings is 2. The van der Waals surface area contributed by atoms with Crippen LogP contribution in [0.5, 0.6) is 0 Å². The van der Waals surface area contributed by atoms with Crippen LogP contribution in [0.15, 0.2) is 67.0 Å². The Balaban J connectivity index is 1.86. The molecule has 130 valence electrons. The Morgan fingerprint density at radius 3 is 2.50 bits per heavy atom. The molecule has 0 amide bonds. The molecule has 0 fully saturated rings. The van der Waals surface area contributed by atoms with Gasteiger partial charge in [-0.05, 0) is 31.5 Å². The van der Waals surface area contributed by atoms with Gasteiger partial charge in [-0.25, -0.2) is 9.97 Å². The van der Waals surface area contributed by atoms with E-state index in [1.165, 1.54) is 5.56 Å². The summed E-state index contributed by atoms with van der Waals surface area (Å²) in [6, 6.07) is 22.1. The lowest BCUT2D eigenvalue weighted by Crippen LogP contribution is -2.31. The first kappa shape index (κ1) is 17.4. The molecule has 5 nitrogen and oxygen atoms in total. The summed E-state index contributed by atoms with van der Waals surface area (Å²) in [6.07, 6.45) is 1.55. The normalized spacial score (nSPS) is 10.4. The summed E-state index contributed by atoms with van der Waals surface area (Å²) >= 11 is 0. The maximum atomic E-state index is 9.25. The smallest absolute Gasteiger partial charge is 0.135 e. The molecule has 1 N–H and O–H groups in total. The van der Waals surface area contributed by atoms with E-state index in [4.69, 9.17) is 0 Å². The second kappa shape index (κ2) is 8.13. The van der Waals surface area contributed by atoms with Crippen molar-refractivity contribution in [3.8, 4) is 6.07 Å². The van der Waals surface area contributed by atoms with Crippen LogP contribution < -0.4 is 10.2 Å². The highest BCUT2D eigenvalue weighted by molar-refractivity contribution is 5.65. The van der Waals surface area contributed by atoms with Gasteiger partial charge in [-0.15, -0.1) is 0 Å². The van der Waals surface area contributed by atoms with Gasteiger partial charge >= 0.3 is 0 Å². The number of rotatable bonds is 6. The van der Waals surface area contributed by atoms with Gasteiger partial charge in [0.05, 0.1) is 11.3 Å². The van der Waals surface area contributed by atoms with Crippen molar-refractivity contribution in [3.63, 3.8) is 0 Å². The molecule has 3 aromatic rings. The lowest BCUT2D eigenvalue weighted by Gasteiger charge is -2.28. The molecule has 5 heteroatoms. The van der Waals surface area contributed by atoms with Gasteiger partial charge in [0.25, 0.3) is 0 Å². The number of nitrogens with one attached hydrogen (secondary N) is 1. The van der Waals surface area contributed by atoms with E-state index in [1.807, 2.05) is 42.5 Å². The van der Waals surface area contributed by atoms with Crippen molar-refractivity contribution in [2.75, 3.05) is 10.2 Å². The summed E-state index contributed by atoms with van der Waals surface area (Å²) in [6.45, 7) is 5.05. The van der Waals surface area contributed by atoms with Crippen LogP contribution in [-0.2, 0) is 6.54 Å². The third kappa shape index (κ3) is 4.17. The van der Waals surface area contributed by atoms with Crippen LogP contribution in [0.1, 0.15) is 25.0 Å². The highest BCUT2D eigenvalue weighted by atomic mass is 15.2. The molecule has 0 saturated heterocycles. The van der Waals surface area contributed by atoms with E-state index in [0.717, 1.165) is 18.1 Å².